The molecule has 2 aromatic rings. The highest BCUT2D eigenvalue weighted by atomic mass is 79.9. The van der Waals surface area contributed by atoms with Crippen molar-refractivity contribution in [2.24, 2.45) is 0 Å². The summed E-state index contributed by atoms with van der Waals surface area (Å²) in [7, 11) is 1.98. The lowest BCUT2D eigenvalue weighted by molar-refractivity contribution is 0.482. The molecule has 4 nitrogen and oxygen atoms in total. The molecule has 20 heavy (non-hydrogen) atoms. The van der Waals surface area contributed by atoms with Crippen LogP contribution in [0.2, 0.25) is 0 Å². The number of pyridine rings is 1. The van der Waals surface area contributed by atoms with Gasteiger partial charge in [0.1, 0.15) is 0 Å². The van der Waals surface area contributed by atoms with Crippen molar-refractivity contribution in [3.63, 3.8) is 0 Å². The van der Waals surface area contributed by atoms with E-state index in [4.69, 9.17) is 0 Å². The molecule has 0 bridgehead atoms. The van der Waals surface area contributed by atoms with Crippen LogP contribution in [-0.2, 0) is 6.42 Å². The largest absolute Gasteiger partial charge is 0.308 e. The summed E-state index contributed by atoms with van der Waals surface area (Å²) in [5.41, 5.74) is 3.67. The molecule has 2 aromatic heterocycles. The minimum Gasteiger partial charge on any atom is -0.308 e. The normalized spacial score (nSPS) is 12.9. The summed E-state index contributed by atoms with van der Waals surface area (Å²) in [6.45, 7) is 6.44. The molecule has 0 aliphatic heterocycles. The summed E-state index contributed by atoms with van der Waals surface area (Å²) in [5.74, 6) is 0. The van der Waals surface area contributed by atoms with Crippen molar-refractivity contribution in [2.75, 3.05) is 7.05 Å². The van der Waals surface area contributed by atoms with E-state index < -0.39 is 0 Å². The second-order valence-electron chi connectivity index (χ2n) is 5.07. The molecule has 0 aliphatic carbocycles. The highest BCUT2D eigenvalue weighted by Crippen LogP contribution is 2.31. The first kappa shape index (κ1) is 15.2. The molecule has 0 saturated heterocycles. The van der Waals surface area contributed by atoms with Crippen LogP contribution >= 0.6 is 15.9 Å². The van der Waals surface area contributed by atoms with Crippen LogP contribution in [0.4, 0.5) is 0 Å². The van der Waals surface area contributed by atoms with E-state index in [2.05, 4.69) is 62.8 Å². The van der Waals surface area contributed by atoms with Crippen molar-refractivity contribution in [2.45, 2.75) is 39.3 Å². The van der Waals surface area contributed by atoms with Crippen LogP contribution in [0.1, 0.15) is 49.7 Å². The number of nitrogens with zero attached hydrogens (tertiary/aromatic N) is 3. The fraction of sp³-hybridized carbons (Fsp3) is 0.467. The Morgan fingerprint density at radius 1 is 1.35 bits per heavy atom. The SMILES string of the molecule is CCc1cnccc1C(NC)c1c(Br)cnn1C(C)C. The van der Waals surface area contributed by atoms with Crippen molar-refractivity contribution in [3.8, 4) is 0 Å². The number of aryl methyl sites for hydroxylation is 1. The molecule has 0 saturated carbocycles. The standard InChI is InChI=1S/C15H21BrN4/c1-5-11-8-18-7-6-12(11)14(17-4)15-13(16)9-19-20(15)10(2)3/h6-10,14,17H,5H2,1-4H3. The van der Waals surface area contributed by atoms with Crippen molar-refractivity contribution >= 4 is 15.9 Å². The zero-order chi connectivity index (χ0) is 14.7. The van der Waals surface area contributed by atoms with E-state index in [1.54, 1.807) is 0 Å². The average Bonchev–Trinajstić information content (AvgIpc) is 2.83. The predicted molar refractivity (Wildman–Crippen MR) is 84.8 cm³/mol. The number of hydrogen-bond acceptors (Lipinski definition) is 3. The average molecular weight is 337 g/mol. The first-order valence-corrected chi connectivity index (χ1v) is 7.72. The number of aromatic nitrogens is 3. The summed E-state index contributed by atoms with van der Waals surface area (Å²) in [6.07, 6.45) is 6.63. The number of halogens is 1. The Kier molecular flexibility index (Phi) is 4.94. The Hall–Kier alpha value is -1.20. The Balaban J connectivity index is 2.55. The lowest BCUT2D eigenvalue weighted by Crippen LogP contribution is -2.24. The summed E-state index contributed by atoms with van der Waals surface area (Å²) < 4.78 is 3.09. The van der Waals surface area contributed by atoms with Gasteiger partial charge >= 0.3 is 0 Å². The monoisotopic (exact) mass is 336 g/mol. The van der Waals surface area contributed by atoms with Gasteiger partial charge in [0.25, 0.3) is 0 Å². The van der Waals surface area contributed by atoms with Gasteiger partial charge in [-0.15, -0.1) is 0 Å². The van der Waals surface area contributed by atoms with Gasteiger partial charge in [-0.1, -0.05) is 6.92 Å². The van der Waals surface area contributed by atoms with Gasteiger partial charge in [-0.2, -0.15) is 5.10 Å². The Morgan fingerprint density at radius 2 is 2.10 bits per heavy atom. The molecule has 108 valence electrons. The van der Waals surface area contributed by atoms with Crippen LogP contribution in [0, 0.1) is 0 Å². The summed E-state index contributed by atoms with van der Waals surface area (Å²) in [6, 6.07) is 2.51. The quantitative estimate of drug-likeness (QED) is 0.908. The fourth-order valence-electron chi connectivity index (χ4n) is 2.49. The Labute approximate surface area is 128 Å². The van der Waals surface area contributed by atoms with Crippen molar-refractivity contribution in [1.82, 2.24) is 20.1 Å². The van der Waals surface area contributed by atoms with E-state index >= 15 is 0 Å². The van der Waals surface area contributed by atoms with Crippen molar-refractivity contribution in [1.29, 1.82) is 0 Å². The van der Waals surface area contributed by atoms with Gasteiger partial charge in [-0.25, -0.2) is 0 Å². The molecule has 0 fully saturated rings. The molecular formula is C15H21BrN4. The van der Waals surface area contributed by atoms with Crippen molar-refractivity contribution in [3.05, 3.63) is 46.0 Å². The van der Waals surface area contributed by atoms with Gasteiger partial charge in [0.15, 0.2) is 0 Å². The van der Waals surface area contributed by atoms with E-state index in [-0.39, 0.29) is 6.04 Å². The third kappa shape index (κ3) is 2.79. The third-order valence-corrected chi connectivity index (χ3v) is 4.08. The predicted octanol–water partition coefficient (Wildman–Crippen LogP) is 3.49. The minimum absolute atomic E-state index is 0.104. The van der Waals surface area contributed by atoms with E-state index in [0.717, 1.165) is 16.6 Å². The highest BCUT2D eigenvalue weighted by Gasteiger charge is 2.23. The van der Waals surface area contributed by atoms with Crippen LogP contribution < -0.4 is 5.32 Å². The zero-order valence-corrected chi connectivity index (χ0v) is 14.0. The van der Waals surface area contributed by atoms with Crippen LogP contribution in [0.15, 0.2) is 29.1 Å². The van der Waals surface area contributed by atoms with Crippen molar-refractivity contribution < 1.29 is 0 Å². The van der Waals surface area contributed by atoms with Gasteiger partial charge in [0, 0.05) is 18.4 Å². The molecule has 2 rings (SSSR count). The molecule has 0 spiro atoms. The minimum atomic E-state index is 0.104. The van der Waals surface area contributed by atoms with Gasteiger partial charge in [0.2, 0.25) is 0 Å². The maximum absolute atomic E-state index is 4.48. The zero-order valence-electron chi connectivity index (χ0n) is 12.4. The van der Waals surface area contributed by atoms with Crippen LogP contribution in [0.25, 0.3) is 0 Å². The molecule has 1 N–H and O–H groups in total. The summed E-state index contributed by atoms with van der Waals surface area (Å²) in [5, 5.41) is 7.89. The number of hydrogen-bond donors (Lipinski definition) is 1. The molecule has 5 heteroatoms. The summed E-state index contributed by atoms with van der Waals surface area (Å²) in [4.78, 5) is 4.23. The highest BCUT2D eigenvalue weighted by molar-refractivity contribution is 9.10. The lowest BCUT2D eigenvalue weighted by atomic mass is 9.98. The first-order valence-electron chi connectivity index (χ1n) is 6.93. The molecule has 0 radical (unpaired) electrons. The van der Waals surface area contributed by atoms with E-state index in [9.17, 15) is 0 Å². The van der Waals surface area contributed by atoms with E-state index in [0.29, 0.717) is 6.04 Å². The third-order valence-electron chi connectivity index (χ3n) is 3.47. The number of nitrogens with one attached hydrogen (secondary N) is 1. The second-order valence-corrected chi connectivity index (χ2v) is 5.92. The molecular weight excluding hydrogens is 316 g/mol. The second kappa shape index (κ2) is 6.50. The summed E-state index contributed by atoms with van der Waals surface area (Å²) >= 11 is 3.63. The number of rotatable bonds is 5. The lowest BCUT2D eigenvalue weighted by Gasteiger charge is -2.23. The van der Waals surface area contributed by atoms with Crippen LogP contribution in [0.5, 0.6) is 0 Å². The van der Waals surface area contributed by atoms with Gasteiger partial charge in [-0.3, -0.25) is 9.67 Å². The fourth-order valence-corrected chi connectivity index (χ4v) is 2.99. The molecule has 0 aromatic carbocycles. The topological polar surface area (TPSA) is 42.7 Å². The maximum atomic E-state index is 4.48. The molecule has 0 aliphatic rings. The Morgan fingerprint density at radius 3 is 2.70 bits per heavy atom. The molecule has 1 atom stereocenters. The van der Waals surface area contributed by atoms with Crippen LogP contribution in [0.3, 0.4) is 0 Å². The maximum Gasteiger partial charge on any atom is 0.0761 e. The molecule has 2 heterocycles. The van der Waals surface area contributed by atoms with E-state index in [1.165, 1.54) is 11.1 Å². The van der Waals surface area contributed by atoms with Gasteiger partial charge in [-0.05, 0) is 60.4 Å². The molecule has 0 amide bonds. The smallest absolute Gasteiger partial charge is 0.0761 e. The van der Waals surface area contributed by atoms with Gasteiger partial charge < -0.3 is 5.32 Å². The van der Waals surface area contributed by atoms with E-state index in [1.807, 2.05) is 25.6 Å². The first-order chi connectivity index (χ1) is 9.60. The van der Waals surface area contributed by atoms with Gasteiger partial charge in [0.05, 0.1) is 22.4 Å². The molecule has 1 unspecified atom stereocenters. The Bertz CT molecular complexity index is 577. The van der Waals surface area contributed by atoms with Crippen LogP contribution in [-0.4, -0.2) is 21.8 Å².